The summed E-state index contributed by atoms with van der Waals surface area (Å²) < 4.78 is 5.20. The van der Waals surface area contributed by atoms with Gasteiger partial charge in [0.15, 0.2) is 0 Å². The Balaban J connectivity index is 2.01. The highest BCUT2D eigenvalue weighted by Crippen LogP contribution is 2.24. The van der Waals surface area contributed by atoms with Gasteiger partial charge in [-0.05, 0) is 50.6 Å². The maximum atomic E-state index is 12.1. The third-order valence-corrected chi connectivity index (χ3v) is 4.39. The summed E-state index contributed by atoms with van der Waals surface area (Å²) in [7, 11) is 0. The largest absolute Gasteiger partial charge is 0.459 e. The van der Waals surface area contributed by atoms with E-state index in [4.69, 9.17) is 16.3 Å². The van der Waals surface area contributed by atoms with Crippen molar-refractivity contribution in [3.63, 3.8) is 0 Å². The van der Waals surface area contributed by atoms with Crippen LogP contribution in [0.3, 0.4) is 0 Å². The minimum Gasteiger partial charge on any atom is -0.459 e. The number of anilines is 1. The van der Waals surface area contributed by atoms with Crippen LogP contribution in [-0.2, 0) is 9.53 Å². The van der Waals surface area contributed by atoms with Gasteiger partial charge in [0.05, 0.1) is 28.1 Å². The van der Waals surface area contributed by atoms with Crippen LogP contribution < -0.4 is 5.32 Å². The molecule has 1 N–H and O–H groups in total. The standard InChI is InChI=1S/C18H19ClN2O3S/c1-11(2)24-18(23)13-5-4-8-20-17(13)25-10-16(22)21-15-7-6-12(3)9-14(15)19/h4-9,11H,10H2,1-3H3,(H,21,22). The number of carbonyl (C=O) groups is 2. The van der Waals surface area contributed by atoms with Crippen molar-refractivity contribution >= 4 is 40.9 Å². The van der Waals surface area contributed by atoms with Gasteiger partial charge < -0.3 is 10.1 Å². The minimum absolute atomic E-state index is 0.100. The first-order valence-electron chi connectivity index (χ1n) is 7.71. The van der Waals surface area contributed by atoms with E-state index in [1.807, 2.05) is 13.0 Å². The normalized spacial score (nSPS) is 10.6. The summed E-state index contributed by atoms with van der Waals surface area (Å²) in [6.45, 7) is 5.48. The lowest BCUT2D eigenvalue weighted by Crippen LogP contribution is -2.16. The van der Waals surface area contributed by atoms with Crippen molar-refractivity contribution in [2.24, 2.45) is 0 Å². The fourth-order valence-corrected chi connectivity index (χ4v) is 3.05. The number of esters is 1. The third kappa shape index (κ3) is 5.76. The number of nitrogens with zero attached hydrogens (tertiary/aromatic N) is 1. The Morgan fingerprint density at radius 1 is 1.32 bits per heavy atom. The van der Waals surface area contributed by atoms with Crippen LogP contribution in [-0.4, -0.2) is 28.7 Å². The maximum absolute atomic E-state index is 12.1. The maximum Gasteiger partial charge on any atom is 0.341 e. The molecule has 0 aliphatic rings. The Labute approximate surface area is 156 Å². The molecule has 25 heavy (non-hydrogen) atoms. The van der Waals surface area contributed by atoms with Gasteiger partial charge >= 0.3 is 5.97 Å². The minimum atomic E-state index is -0.451. The molecular formula is C18H19ClN2O3S. The second kappa shape index (κ2) is 8.87. The lowest BCUT2D eigenvalue weighted by molar-refractivity contribution is -0.113. The van der Waals surface area contributed by atoms with E-state index in [2.05, 4.69) is 10.3 Å². The van der Waals surface area contributed by atoms with E-state index in [0.29, 0.717) is 21.3 Å². The number of ether oxygens (including phenoxy) is 1. The van der Waals surface area contributed by atoms with Gasteiger partial charge in [-0.25, -0.2) is 9.78 Å². The number of pyridine rings is 1. The van der Waals surface area contributed by atoms with Crippen LogP contribution in [0.15, 0.2) is 41.6 Å². The van der Waals surface area contributed by atoms with Crippen molar-refractivity contribution in [1.82, 2.24) is 4.98 Å². The number of carbonyl (C=O) groups excluding carboxylic acids is 2. The number of aryl methyl sites for hydroxylation is 1. The van der Waals surface area contributed by atoms with E-state index >= 15 is 0 Å². The number of thioether (sulfide) groups is 1. The van der Waals surface area contributed by atoms with Crippen LogP contribution in [0.5, 0.6) is 0 Å². The predicted octanol–water partition coefficient (Wildman–Crippen LogP) is 4.34. The Bertz CT molecular complexity index is 781. The lowest BCUT2D eigenvalue weighted by atomic mass is 10.2. The second-order valence-corrected chi connectivity index (χ2v) is 7.00. The SMILES string of the molecule is Cc1ccc(NC(=O)CSc2ncccc2C(=O)OC(C)C)c(Cl)c1. The summed E-state index contributed by atoms with van der Waals surface area (Å²) in [6, 6.07) is 8.70. The summed E-state index contributed by atoms with van der Waals surface area (Å²) in [5.41, 5.74) is 1.92. The molecule has 0 unspecified atom stereocenters. The lowest BCUT2D eigenvalue weighted by Gasteiger charge is -2.11. The van der Waals surface area contributed by atoms with Gasteiger partial charge in [0.1, 0.15) is 5.03 Å². The molecule has 1 aromatic carbocycles. The molecule has 132 valence electrons. The number of nitrogens with one attached hydrogen (secondary N) is 1. The molecule has 0 aliphatic heterocycles. The van der Waals surface area contributed by atoms with Crippen LogP contribution >= 0.6 is 23.4 Å². The van der Waals surface area contributed by atoms with Gasteiger partial charge in [-0.2, -0.15) is 0 Å². The summed E-state index contributed by atoms with van der Waals surface area (Å²) in [4.78, 5) is 28.4. The number of benzene rings is 1. The van der Waals surface area contributed by atoms with E-state index in [9.17, 15) is 9.59 Å². The van der Waals surface area contributed by atoms with Gasteiger partial charge in [-0.1, -0.05) is 29.4 Å². The molecule has 0 saturated carbocycles. The van der Waals surface area contributed by atoms with Gasteiger partial charge in [0, 0.05) is 6.20 Å². The number of hydrogen-bond acceptors (Lipinski definition) is 5. The van der Waals surface area contributed by atoms with Crippen LogP contribution in [0.25, 0.3) is 0 Å². The van der Waals surface area contributed by atoms with E-state index in [-0.39, 0.29) is 17.8 Å². The third-order valence-electron chi connectivity index (χ3n) is 3.07. The Kier molecular flexibility index (Phi) is 6.84. The van der Waals surface area contributed by atoms with Crippen LogP contribution in [0.1, 0.15) is 29.8 Å². The van der Waals surface area contributed by atoms with E-state index in [1.165, 1.54) is 11.8 Å². The molecule has 0 saturated heterocycles. The number of amides is 1. The predicted molar refractivity (Wildman–Crippen MR) is 100 cm³/mol. The first-order chi connectivity index (χ1) is 11.9. The summed E-state index contributed by atoms with van der Waals surface area (Å²) in [5.74, 6) is -0.583. The molecular weight excluding hydrogens is 360 g/mol. The number of aromatic nitrogens is 1. The average Bonchev–Trinajstić information content (AvgIpc) is 2.55. The number of hydrogen-bond donors (Lipinski definition) is 1. The topological polar surface area (TPSA) is 68.3 Å². The highest BCUT2D eigenvalue weighted by molar-refractivity contribution is 8.00. The molecule has 0 bridgehead atoms. The molecule has 7 heteroatoms. The number of rotatable bonds is 6. The van der Waals surface area contributed by atoms with Crippen molar-refractivity contribution in [2.45, 2.75) is 31.9 Å². The first kappa shape index (κ1) is 19.3. The molecule has 0 spiro atoms. The zero-order chi connectivity index (χ0) is 18.4. The average molecular weight is 379 g/mol. The fraction of sp³-hybridized carbons (Fsp3) is 0.278. The van der Waals surface area contributed by atoms with Crippen LogP contribution in [0.4, 0.5) is 5.69 Å². The monoisotopic (exact) mass is 378 g/mol. The van der Waals surface area contributed by atoms with Gasteiger partial charge in [0.2, 0.25) is 5.91 Å². The molecule has 0 fully saturated rings. The molecule has 0 aliphatic carbocycles. The smallest absolute Gasteiger partial charge is 0.341 e. The van der Waals surface area contributed by atoms with Crippen molar-refractivity contribution in [1.29, 1.82) is 0 Å². The highest BCUT2D eigenvalue weighted by atomic mass is 35.5. The van der Waals surface area contributed by atoms with E-state index in [0.717, 1.165) is 5.56 Å². The molecule has 0 radical (unpaired) electrons. The van der Waals surface area contributed by atoms with Crippen LogP contribution in [0.2, 0.25) is 5.02 Å². The summed E-state index contributed by atoms with van der Waals surface area (Å²) in [6.07, 6.45) is 1.35. The van der Waals surface area contributed by atoms with Crippen LogP contribution in [0, 0.1) is 6.92 Å². The Morgan fingerprint density at radius 2 is 2.08 bits per heavy atom. The van der Waals surface area contributed by atoms with Crippen molar-refractivity contribution in [3.8, 4) is 0 Å². The molecule has 0 atom stereocenters. The highest BCUT2D eigenvalue weighted by Gasteiger charge is 2.16. The summed E-state index contributed by atoms with van der Waals surface area (Å²) in [5, 5.41) is 3.69. The number of halogens is 1. The van der Waals surface area contributed by atoms with E-state index < -0.39 is 5.97 Å². The van der Waals surface area contributed by atoms with Gasteiger partial charge in [0.25, 0.3) is 0 Å². The van der Waals surface area contributed by atoms with Crippen molar-refractivity contribution in [2.75, 3.05) is 11.1 Å². The molecule has 1 amide bonds. The Morgan fingerprint density at radius 3 is 2.76 bits per heavy atom. The first-order valence-corrected chi connectivity index (χ1v) is 9.08. The zero-order valence-electron chi connectivity index (χ0n) is 14.2. The molecule has 5 nitrogen and oxygen atoms in total. The second-order valence-electron chi connectivity index (χ2n) is 5.63. The van der Waals surface area contributed by atoms with Crippen molar-refractivity contribution < 1.29 is 14.3 Å². The molecule has 1 heterocycles. The summed E-state index contributed by atoms with van der Waals surface area (Å²) >= 11 is 7.28. The van der Waals surface area contributed by atoms with Crippen molar-refractivity contribution in [3.05, 3.63) is 52.7 Å². The quantitative estimate of drug-likeness (QED) is 0.598. The fourth-order valence-electron chi connectivity index (χ4n) is 1.98. The van der Waals surface area contributed by atoms with Gasteiger partial charge in [-0.15, -0.1) is 0 Å². The molecule has 2 rings (SSSR count). The van der Waals surface area contributed by atoms with E-state index in [1.54, 1.807) is 44.3 Å². The molecule has 1 aromatic heterocycles. The van der Waals surface area contributed by atoms with Gasteiger partial charge in [-0.3, -0.25) is 4.79 Å². The zero-order valence-corrected chi connectivity index (χ0v) is 15.8. The molecule has 2 aromatic rings. The Hall–Kier alpha value is -2.05.